The zero-order valence-electron chi connectivity index (χ0n) is 18.3. The third kappa shape index (κ3) is 6.75. The Bertz CT molecular complexity index is 960. The van der Waals surface area contributed by atoms with Gasteiger partial charge in [0.2, 0.25) is 0 Å². The van der Waals surface area contributed by atoms with E-state index in [2.05, 4.69) is 33.7 Å². The van der Waals surface area contributed by atoms with Crippen molar-refractivity contribution in [2.45, 2.75) is 19.0 Å². The second-order valence-corrected chi connectivity index (χ2v) is 8.08. The number of thioether (sulfide) groups is 1. The average molecular weight is 486 g/mol. The molecule has 33 heavy (non-hydrogen) atoms. The second kappa shape index (κ2) is 13.2. The number of carbonyl (C=O) groups excluding carboxylic acids is 1. The quantitative estimate of drug-likeness (QED) is 0.0915. The number of carbonyl (C=O) groups is 1. The molecule has 2 unspecified atom stereocenters. The molecule has 2 atom stereocenters. The molecular formula is C21H29N8O2SSi. The molecule has 0 saturated carbocycles. The first kappa shape index (κ1) is 27.6. The van der Waals surface area contributed by atoms with Crippen LogP contribution in [-0.4, -0.2) is 56.9 Å². The van der Waals surface area contributed by atoms with E-state index in [-0.39, 0.29) is 28.5 Å². The number of anilines is 1. The molecule has 12 heteroatoms. The molecule has 1 aromatic rings. The molecule has 0 fully saturated rings. The number of nitrogens with one attached hydrogen (secondary N) is 2. The maximum atomic E-state index is 13.5. The van der Waals surface area contributed by atoms with Crippen LogP contribution in [0.15, 0.2) is 70.6 Å². The van der Waals surface area contributed by atoms with Crippen LogP contribution in [0, 0.1) is 5.41 Å². The number of amides is 1. The highest BCUT2D eigenvalue weighted by atomic mass is 32.2. The Balaban J connectivity index is 3.53. The number of benzene rings is 1. The van der Waals surface area contributed by atoms with Crippen LogP contribution in [0.5, 0.6) is 0 Å². The van der Waals surface area contributed by atoms with Crippen molar-refractivity contribution in [2.24, 2.45) is 22.2 Å². The summed E-state index contributed by atoms with van der Waals surface area (Å²) < 4.78 is 0. The van der Waals surface area contributed by atoms with Crippen molar-refractivity contribution in [3.63, 3.8) is 0 Å². The minimum atomic E-state index is -0.913. The predicted molar refractivity (Wildman–Crippen MR) is 138 cm³/mol. The van der Waals surface area contributed by atoms with E-state index in [4.69, 9.17) is 28.3 Å². The van der Waals surface area contributed by atoms with Gasteiger partial charge in [-0.15, -0.1) is 0 Å². The SMILES string of the molecule is C=CNC(SC=C)=C(N)C(N)=NC(CO)C(C)N(C(=O)c1c(N)cccc1[Si])/C(C=N)=C/N. The molecule has 0 bridgehead atoms. The van der Waals surface area contributed by atoms with Crippen LogP contribution in [0.1, 0.15) is 17.3 Å². The summed E-state index contributed by atoms with van der Waals surface area (Å²) in [6, 6.07) is 3.22. The van der Waals surface area contributed by atoms with E-state index < -0.39 is 24.6 Å². The number of allylic oxidation sites excluding steroid dienone is 1. The van der Waals surface area contributed by atoms with Crippen molar-refractivity contribution in [1.82, 2.24) is 10.2 Å². The highest BCUT2D eigenvalue weighted by Crippen LogP contribution is 2.21. The van der Waals surface area contributed by atoms with E-state index in [0.717, 1.165) is 12.4 Å². The molecule has 175 valence electrons. The number of aliphatic imine (C=N–C) groups is 1. The summed E-state index contributed by atoms with van der Waals surface area (Å²) in [5.41, 5.74) is 24.5. The summed E-state index contributed by atoms with van der Waals surface area (Å²) in [6.45, 7) is 8.38. The molecule has 0 heterocycles. The van der Waals surface area contributed by atoms with Crippen LogP contribution in [-0.2, 0) is 0 Å². The van der Waals surface area contributed by atoms with Gasteiger partial charge in [-0.3, -0.25) is 9.79 Å². The Morgan fingerprint density at radius 1 is 1.42 bits per heavy atom. The van der Waals surface area contributed by atoms with E-state index in [1.807, 2.05) is 0 Å². The molecule has 0 aromatic heterocycles. The number of hydrogen-bond donors (Lipinski definition) is 7. The molecular weight excluding hydrogens is 456 g/mol. The van der Waals surface area contributed by atoms with Crippen molar-refractivity contribution in [1.29, 1.82) is 5.41 Å². The van der Waals surface area contributed by atoms with Gasteiger partial charge in [0, 0.05) is 18.1 Å². The van der Waals surface area contributed by atoms with Crippen molar-refractivity contribution in [2.75, 3.05) is 12.3 Å². The minimum absolute atomic E-state index is 0.0693. The number of nitrogens with two attached hydrogens (primary N) is 4. The molecule has 0 aliphatic rings. The molecule has 11 N–H and O–H groups in total. The monoisotopic (exact) mass is 485 g/mol. The number of rotatable bonds is 12. The first-order chi connectivity index (χ1) is 15.7. The van der Waals surface area contributed by atoms with Crippen LogP contribution in [0.2, 0.25) is 0 Å². The van der Waals surface area contributed by atoms with Crippen LogP contribution >= 0.6 is 11.8 Å². The fraction of sp³-hybridized carbons (Fsp3) is 0.190. The number of nitrogen functional groups attached to an aromatic ring is 1. The van der Waals surface area contributed by atoms with E-state index in [0.29, 0.717) is 10.2 Å². The third-order valence-electron chi connectivity index (χ3n) is 4.54. The molecule has 3 radical (unpaired) electrons. The summed E-state index contributed by atoms with van der Waals surface area (Å²) in [6.07, 6.45) is 3.45. The van der Waals surface area contributed by atoms with E-state index in [1.165, 1.54) is 22.9 Å². The first-order valence-corrected chi connectivity index (χ1v) is 11.0. The molecule has 1 amide bonds. The summed E-state index contributed by atoms with van der Waals surface area (Å²) >= 11 is 1.18. The Morgan fingerprint density at radius 3 is 2.58 bits per heavy atom. The van der Waals surface area contributed by atoms with E-state index >= 15 is 0 Å². The number of hydrogen-bond acceptors (Lipinski definition) is 9. The number of aliphatic hydroxyl groups is 1. The Kier molecular flexibility index (Phi) is 11.0. The van der Waals surface area contributed by atoms with Crippen molar-refractivity contribution in [3.8, 4) is 0 Å². The van der Waals surface area contributed by atoms with Crippen molar-refractivity contribution < 1.29 is 9.90 Å². The molecule has 0 saturated heterocycles. The lowest BCUT2D eigenvalue weighted by molar-refractivity contribution is 0.0732. The zero-order chi connectivity index (χ0) is 25.1. The van der Waals surface area contributed by atoms with Gasteiger partial charge in [-0.05, 0) is 24.6 Å². The smallest absolute Gasteiger partial charge is 0.260 e. The fourth-order valence-corrected chi connectivity index (χ4v) is 3.75. The number of aliphatic hydroxyl groups excluding tert-OH is 1. The highest BCUT2D eigenvalue weighted by molar-refractivity contribution is 8.05. The topological polar surface area (TPSA) is 193 Å². The fourth-order valence-electron chi connectivity index (χ4n) is 2.85. The first-order valence-electron chi connectivity index (χ1n) is 9.63. The van der Waals surface area contributed by atoms with Crippen molar-refractivity contribution in [3.05, 3.63) is 71.2 Å². The van der Waals surface area contributed by atoms with Crippen molar-refractivity contribution >= 4 is 50.8 Å². The van der Waals surface area contributed by atoms with Gasteiger partial charge < -0.3 is 43.7 Å². The van der Waals surface area contributed by atoms with Crippen LogP contribution in [0.25, 0.3) is 0 Å². The van der Waals surface area contributed by atoms with Gasteiger partial charge in [-0.1, -0.05) is 42.2 Å². The maximum absolute atomic E-state index is 13.5. The van der Waals surface area contributed by atoms with Gasteiger partial charge >= 0.3 is 0 Å². The summed E-state index contributed by atoms with van der Waals surface area (Å²) in [5, 5.41) is 23.1. The van der Waals surface area contributed by atoms with Gasteiger partial charge in [0.25, 0.3) is 5.91 Å². The lowest BCUT2D eigenvalue weighted by Gasteiger charge is -2.33. The van der Waals surface area contributed by atoms with E-state index in [9.17, 15) is 9.90 Å². The Hall–Kier alpha value is -3.48. The Labute approximate surface area is 201 Å². The Morgan fingerprint density at radius 2 is 2.09 bits per heavy atom. The summed E-state index contributed by atoms with van der Waals surface area (Å²) in [7, 11) is 3.40. The molecule has 10 nitrogen and oxygen atoms in total. The van der Waals surface area contributed by atoms with Gasteiger partial charge in [0.15, 0.2) is 0 Å². The average Bonchev–Trinajstić information content (AvgIpc) is 2.79. The minimum Gasteiger partial charge on any atom is -0.403 e. The number of amidine groups is 1. The van der Waals surface area contributed by atoms with Crippen LogP contribution in [0.4, 0.5) is 5.69 Å². The largest absolute Gasteiger partial charge is 0.403 e. The lowest BCUT2D eigenvalue weighted by Crippen LogP contribution is -2.48. The summed E-state index contributed by atoms with van der Waals surface area (Å²) in [5.74, 6) is -0.613. The van der Waals surface area contributed by atoms with Gasteiger partial charge in [-0.25, -0.2) is 0 Å². The molecule has 0 aliphatic heterocycles. The van der Waals surface area contributed by atoms with E-state index in [1.54, 1.807) is 30.5 Å². The predicted octanol–water partition coefficient (Wildman–Crippen LogP) is -0.201. The van der Waals surface area contributed by atoms with Gasteiger partial charge in [0.1, 0.15) is 16.6 Å². The second-order valence-electron chi connectivity index (χ2n) is 6.56. The zero-order valence-corrected chi connectivity index (χ0v) is 20.1. The maximum Gasteiger partial charge on any atom is 0.260 e. The summed E-state index contributed by atoms with van der Waals surface area (Å²) in [4.78, 5) is 19.0. The normalized spacial score (nSPS) is 14.5. The number of nitrogens with zero attached hydrogens (tertiary/aromatic N) is 2. The van der Waals surface area contributed by atoms with Gasteiger partial charge in [0.05, 0.1) is 40.2 Å². The highest BCUT2D eigenvalue weighted by Gasteiger charge is 2.31. The van der Waals surface area contributed by atoms with Gasteiger partial charge in [-0.2, -0.15) is 0 Å². The molecule has 0 aliphatic carbocycles. The van der Waals surface area contributed by atoms with Crippen LogP contribution in [0.3, 0.4) is 0 Å². The van der Waals surface area contributed by atoms with Crippen LogP contribution < -0.4 is 33.4 Å². The molecule has 1 aromatic carbocycles. The third-order valence-corrected chi connectivity index (χ3v) is 5.69. The standard InChI is InChI=1S/C21H29N8O2SSi/c1-4-27-20(32-5-2)18(25)19(26)28-15(11-30)12(3)29(13(9-22)10-23)21(31)17-14(24)7-6-8-16(17)33/h4-10,12,15,22,27,30H,1-2,11,23-25H2,3H3,(H2,26,28)/b13-10+,20-18?,22-9?. The molecule has 1 rings (SSSR count). The molecule has 0 spiro atoms. The lowest BCUT2D eigenvalue weighted by atomic mass is 10.1.